The third-order valence-electron chi connectivity index (χ3n) is 2.95. The predicted octanol–water partition coefficient (Wildman–Crippen LogP) is 2.19. The van der Waals surface area contributed by atoms with Gasteiger partial charge < -0.3 is 20.0 Å². The molecule has 2 rings (SSSR count). The highest BCUT2D eigenvalue weighted by Gasteiger charge is 2.05. The second-order valence-corrected chi connectivity index (χ2v) is 4.57. The van der Waals surface area contributed by atoms with Crippen LogP contribution >= 0.6 is 0 Å². The first-order valence-electron chi connectivity index (χ1n) is 7.05. The molecule has 116 valence electrons. The topological polar surface area (TPSA) is 63.1 Å². The van der Waals surface area contributed by atoms with Gasteiger partial charge in [-0.15, -0.1) is 0 Å². The zero-order chi connectivity index (χ0) is 15.6. The van der Waals surface area contributed by atoms with Gasteiger partial charge in [0.15, 0.2) is 11.5 Å². The minimum Gasteiger partial charge on any atom is -0.493 e. The van der Waals surface area contributed by atoms with Crippen molar-refractivity contribution in [2.45, 2.75) is 6.61 Å². The Balaban J connectivity index is 2.05. The largest absolute Gasteiger partial charge is 0.493 e. The Bertz CT molecular complexity index is 600. The molecule has 0 unspecified atom stereocenters. The molecule has 0 aliphatic carbocycles. The Morgan fingerprint density at radius 1 is 1.14 bits per heavy atom. The molecule has 0 aliphatic heterocycles. The summed E-state index contributed by atoms with van der Waals surface area (Å²) in [5.41, 5.74) is 4.71. The van der Waals surface area contributed by atoms with Gasteiger partial charge in [0, 0.05) is 0 Å². The molecule has 0 radical (unpaired) electrons. The van der Waals surface area contributed by atoms with Gasteiger partial charge in [-0.3, -0.25) is 0 Å². The Morgan fingerprint density at radius 2 is 1.95 bits per heavy atom. The molecule has 2 N–H and O–H groups in total. The maximum atomic E-state index is 8.68. The summed E-state index contributed by atoms with van der Waals surface area (Å²) in [5, 5.41) is 12.7. The number of hydrogen-bond acceptors (Lipinski definition) is 5. The molecule has 22 heavy (non-hydrogen) atoms. The van der Waals surface area contributed by atoms with Crippen molar-refractivity contribution in [3.63, 3.8) is 0 Å². The highest BCUT2D eigenvalue weighted by Crippen LogP contribution is 2.28. The van der Waals surface area contributed by atoms with Crippen molar-refractivity contribution < 1.29 is 14.6 Å². The van der Waals surface area contributed by atoms with Crippen LogP contribution in [0.4, 0.5) is 0 Å². The molecular formula is C17H20N2O3. The maximum absolute atomic E-state index is 8.68. The minimum atomic E-state index is 0.0470. The first-order chi connectivity index (χ1) is 10.8. The number of ether oxygens (including phenoxy) is 2. The van der Waals surface area contributed by atoms with Crippen molar-refractivity contribution in [3.05, 3.63) is 59.7 Å². The van der Waals surface area contributed by atoms with Crippen molar-refractivity contribution in [1.82, 2.24) is 5.43 Å². The van der Waals surface area contributed by atoms with Gasteiger partial charge in [-0.25, -0.2) is 0 Å². The van der Waals surface area contributed by atoms with E-state index in [1.807, 2.05) is 48.5 Å². The van der Waals surface area contributed by atoms with E-state index in [4.69, 9.17) is 14.6 Å². The average molecular weight is 300 g/mol. The number of hydrogen-bond donors (Lipinski definition) is 2. The maximum Gasteiger partial charge on any atom is 0.162 e. The number of aliphatic hydroxyl groups is 1. The van der Waals surface area contributed by atoms with Crippen molar-refractivity contribution in [2.75, 3.05) is 20.3 Å². The van der Waals surface area contributed by atoms with Crippen LogP contribution < -0.4 is 14.9 Å². The van der Waals surface area contributed by atoms with Crippen LogP contribution in [0.5, 0.6) is 11.5 Å². The van der Waals surface area contributed by atoms with Crippen molar-refractivity contribution >= 4 is 6.21 Å². The Kier molecular flexibility index (Phi) is 6.26. The van der Waals surface area contributed by atoms with Crippen LogP contribution in [0.25, 0.3) is 0 Å². The summed E-state index contributed by atoms with van der Waals surface area (Å²) in [4.78, 5) is 0. The van der Waals surface area contributed by atoms with E-state index in [1.165, 1.54) is 0 Å². The Labute approximate surface area is 130 Å². The summed E-state index contributed by atoms with van der Waals surface area (Å²) in [7, 11) is 1.61. The number of benzene rings is 2. The molecule has 0 heterocycles. The normalized spacial score (nSPS) is 10.6. The van der Waals surface area contributed by atoms with Crippen LogP contribution in [0.15, 0.2) is 53.6 Å². The minimum absolute atomic E-state index is 0.0470. The third-order valence-corrected chi connectivity index (χ3v) is 2.95. The fourth-order valence-corrected chi connectivity index (χ4v) is 1.86. The standard InChI is InChI=1S/C17H20N2O3/c1-21-16-8-7-15(12-19-18-9-10-20)11-17(16)22-13-14-5-3-2-4-6-14/h2-8,11-12,18,20H,9-10,13H2,1H3. The molecule has 0 saturated heterocycles. The van der Waals surface area contributed by atoms with E-state index in [-0.39, 0.29) is 6.61 Å². The van der Waals surface area contributed by atoms with Gasteiger partial charge >= 0.3 is 0 Å². The van der Waals surface area contributed by atoms with E-state index >= 15 is 0 Å². The average Bonchev–Trinajstić information content (AvgIpc) is 2.58. The summed E-state index contributed by atoms with van der Waals surface area (Å²) >= 11 is 0. The lowest BCUT2D eigenvalue weighted by atomic mass is 10.2. The van der Waals surface area contributed by atoms with Crippen LogP contribution in [-0.2, 0) is 6.61 Å². The lowest BCUT2D eigenvalue weighted by molar-refractivity contribution is 0.284. The van der Waals surface area contributed by atoms with Gasteiger partial charge in [-0.2, -0.15) is 5.10 Å². The second kappa shape index (κ2) is 8.69. The number of nitrogens with one attached hydrogen (secondary N) is 1. The van der Waals surface area contributed by atoms with Gasteiger partial charge in [0.25, 0.3) is 0 Å². The quantitative estimate of drug-likeness (QED) is 0.446. The van der Waals surface area contributed by atoms with Gasteiger partial charge in [-0.05, 0) is 29.3 Å². The fourth-order valence-electron chi connectivity index (χ4n) is 1.86. The summed E-state index contributed by atoms with van der Waals surface area (Å²) in [6.07, 6.45) is 1.67. The van der Waals surface area contributed by atoms with E-state index in [0.29, 0.717) is 24.7 Å². The monoisotopic (exact) mass is 300 g/mol. The lowest BCUT2D eigenvalue weighted by Gasteiger charge is -2.11. The molecule has 0 saturated carbocycles. The highest BCUT2D eigenvalue weighted by molar-refractivity contribution is 5.80. The van der Waals surface area contributed by atoms with Crippen LogP contribution in [0.3, 0.4) is 0 Å². The number of hydrazone groups is 1. The summed E-state index contributed by atoms with van der Waals surface area (Å²) in [5.74, 6) is 1.34. The first-order valence-corrected chi connectivity index (χ1v) is 7.05. The zero-order valence-corrected chi connectivity index (χ0v) is 12.5. The van der Waals surface area contributed by atoms with Crippen molar-refractivity contribution in [2.24, 2.45) is 5.10 Å². The van der Waals surface area contributed by atoms with Crippen molar-refractivity contribution in [1.29, 1.82) is 0 Å². The Morgan fingerprint density at radius 3 is 2.68 bits per heavy atom. The molecule has 5 heteroatoms. The lowest BCUT2D eigenvalue weighted by Crippen LogP contribution is -2.11. The zero-order valence-electron chi connectivity index (χ0n) is 12.5. The highest BCUT2D eigenvalue weighted by atomic mass is 16.5. The van der Waals surface area contributed by atoms with Crippen molar-refractivity contribution in [3.8, 4) is 11.5 Å². The molecule has 2 aromatic rings. The molecule has 0 bridgehead atoms. The molecule has 0 amide bonds. The molecule has 0 aliphatic rings. The van der Waals surface area contributed by atoms with E-state index in [0.717, 1.165) is 11.1 Å². The van der Waals surface area contributed by atoms with E-state index in [2.05, 4.69) is 10.5 Å². The van der Waals surface area contributed by atoms with E-state index in [1.54, 1.807) is 13.3 Å². The molecule has 5 nitrogen and oxygen atoms in total. The van der Waals surface area contributed by atoms with Crippen LogP contribution in [0, 0.1) is 0 Å². The molecule has 0 aromatic heterocycles. The molecular weight excluding hydrogens is 280 g/mol. The first kappa shape index (κ1) is 15.9. The summed E-state index contributed by atoms with van der Waals surface area (Å²) in [6.45, 7) is 0.940. The smallest absolute Gasteiger partial charge is 0.162 e. The molecule has 0 spiro atoms. The van der Waals surface area contributed by atoms with Crippen LogP contribution in [0.1, 0.15) is 11.1 Å². The van der Waals surface area contributed by atoms with Gasteiger partial charge in [0.1, 0.15) is 6.61 Å². The van der Waals surface area contributed by atoms with Crippen LogP contribution in [0.2, 0.25) is 0 Å². The van der Waals surface area contributed by atoms with Gasteiger partial charge in [-0.1, -0.05) is 30.3 Å². The van der Waals surface area contributed by atoms with E-state index in [9.17, 15) is 0 Å². The summed E-state index contributed by atoms with van der Waals surface area (Å²) in [6, 6.07) is 15.5. The van der Waals surface area contributed by atoms with E-state index < -0.39 is 0 Å². The molecule has 0 fully saturated rings. The summed E-state index contributed by atoms with van der Waals surface area (Å²) < 4.78 is 11.1. The SMILES string of the molecule is COc1ccc(C=NNCCO)cc1OCc1ccccc1. The number of rotatable bonds is 8. The third kappa shape index (κ3) is 4.79. The second-order valence-electron chi connectivity index (χ2n) is 4.57. The van der Waals surface area contributed by atoms with Gasteiger partial charge in [0.05, 0.1) is 26.5 Å². The number of methoxy groups -OCH3 is 1. The number of aliphatic hydroxyl groups excluding tert-OH is 1. The van der Waals surface area contributed by atoms with Gasteiger partial charge in [0.2, 0.25) is 0 Å². The molecule has 0 atom stereocenters. The number of nitrogens with zero attached hydrogens (tertiary/aromatic N) is 1. The Hall–Kier alpha value is -2.53. The fraction of sp³-hybridized carbons (Fsp3) is 0.235. The predicted molar refractivity (Wildman–Crippen MR) is 86.5 cm³/mol. The molecule has 2 aromatic carbocycles. The van der Waals surface area contributed by atoms with Crippen LogP contribution in [-0.4, -0.2) is 31.6 Å².